The Labute approximate surface area is 257 Å². The lowest BCUT2D eigenvalue weighted by atomic mass is 9.95. The van der Waals surface area contributed by atoms with Crippen LogP contribution in [0.15, 0.2) is 42.5 Å². The summed E-state index contributed by atoms with van der Waals surface area (Å²) in [6.45, 7) is 11.1. The molecule has 0 aliphatic rings. The summed E-state index contributed by atoms with van der Waals surface area (Å²) in [6, 6.07) is 15.1. The molecule has 0 aliphatic heterocycles. The predicted molar refractivity (Wildman–Crippen MR) is 182 cm³/mol. The molecule has 0 fully saturated rings. The van der Waals surface area contributed by atoms with Crippen molar-refractivity contribution in [1.29, 1.82) is 0 Å². The molecule has 0 radical (unpaired) electrons. The van der Waals surface area contributed by atoms with Gasteiger partial charge in [-0.3, -0.25) is 0 Å². The molecule has 1 unspecified atom stereocenters. The van der Waals surface area contributed by atoms with E-state index in [2.05, 4.69) is 69.0 Å². The van der Waals surface area contributed by atoms with Gasteiger partial charge in [0, 0.05) is 60.7 Å². The van der Waals surface area contributed by atoms with Gasteiger partial charge >= 0.3 is 0 Å². The van der Waals surface area contributed by atoms with Crippen LogP contribution in [0, 0.1) is 5.92 Å². The van der Waals surface area contributed by atoms with E-state index in [1.165, 1.54) is 63.0 Å². The molecule has 218 valence electrons. The van der Waals surface area contributed by atoms with Gasteiger partial charge in [-0.05, 0) is 49.4 Å². The molecule has 1 atom stereocenters. The van der Waals surface area contributed by atoms with Crippen LogP contribution in [-0.4, -0.2) is 26.9 Å². The third kappa shape index (κ3) is 6.79. The van der Waals surface area contributed by atoms with E-state index < -0.39 is 0 Å². The second-order valence-electron chi connectivity index (χ2n) is 11.2. The summed E-state index contributed by atoms with van der Waals surface area (Å²) >= 11 is 5.06. The molecule has 0 spiro atoms. The van der Waals surface area contributed by atoms with Crippen LogP contribution in [0.1, 0.15) is 83.9 Å². The average molecular weight is 606 g/mol. The van der Waals surface area contributed by atoms with Gasteiger partial charge in [0.1, 0.15) is 16.8 Å². The molecule has 3 aromatic heterocycles. The van der Waals surface area contributed by atoms with Crippen LogP contribution in [0.5, 0.6) is 5.75 Å². The second-order valence-corrected chi connectivity index (χ2v) is 14.0. The van der Waals surface area contributed by atoms with Gasteiger partial charge in [0.25, 0.3) is 0 Å². The highest BCUT2D eigenvalue weighted by atomic mass is 32.1. The number of benzene rings is 2. The van der Waals surface area contributed by atoms with Crippen molar-refractivity contribution < 1.29 is 5.11 Å². The molecule has 0 aliphatic carbocycles. The van der Waals surface area contributed by atoms with E-state index in [1.54, 1.807) is 0 Å². The highest BCUT2D eigenvalue weighted by molar-refractivity contribution is 7.29. The number of phenolic OH excluding ortho intramolecular Hbond substituents is 1. The van der Waals surface area contributed by atoms with Gasteiger partial charge in [-0.25, -0.2) is 0 Å². The lowest BCUT2D eigenvalue weighted by Gasteiger charge is -2.25. The molecular weight excluding hydrogens is 563 g/mol. The Bertz CT molecular complexity index is 1530. The molecule has 0 bridgehead atoms. The van der Waals surface area contributed by atoms with E-state index >= 15 is 0 Å². The minimum Gasteiger partial charge on any atom is -0.507 e. The molecule has 5 rings (SSSR count). The maximum Gasteiger partial charge on any atom is 0.125 e. The lowest BCUT2D eigenvalue weighted by Crippen LogP contribution is -2.25. The summed E-state index contributed by atoms with van der Waals surface area (Å²) in [4.78, 5) is 5.15. The lowest BCUT2D eigenvalue weighted by molar-refractivity contribution is 0.452. The van der Waals surface area contributed by atoms with Crippen LogP contribution < -0.4 is 4.90 Å². The molecule has 4 nitrogen and oxygen atoms in total. The molecule has 7 heteroatoms. The zero-order valence-corrected chi connectivity index (χ0v) is 27.4. The number of thiophene rings is 2. The van der Waals surface area contributed by atoms with Gasteiger partial charge in [0.2, 0.25) is 0 Å². The predicted octanol–water partition coefficient (Wildman–Crippen LogP) is 11.2. The van der Waals surface area contributed by atoms with Crippen LogP contribution in [-0.2, 0) is 6.42 Å². The first-order valence-corrected chi connectivity index (χ1v) is 17.8. The van der Waals surface area contributed by atoms with E-state index in [-0.39, 0.29) is 0 Å². The van der Waals surface area contributed by atoms with E-state index in [4.69, 9.17) is 8.75 Å². The molecule has 41 heavy (non-hydrogen) atoms. The number of fused-ring (bicyclic) bond motifs is 2. The third-order valence-electron chi connectivity index (χ3n) is 8.17. The molecular formula is C34H43N3OS3. The Balaban J connectivity index is 1.41. The van der Waals surface area contributed by atoms with Crippen molar-refractivity contribution in [2.45, 2.75) is 85.5 Å². The minimum atomic E-state index is 0.302. The average Bonchev–Trinajstić information content (AvgIpc) is 3.71. The maximum atomic E-state index is 11.2. The highest BCUT2D eigenvalue weighted by Gasteiger charge is 2.19. The summed E-state index contributed by atoms with van der Waals surface area (Å²) < 4.78 is 12.2. The number of nitrogens with zero attached hydrogens (tertiary/aromatic N) is 3. The molecule has 0 saturated carbocycles. The van der Waals surface area contributed by atoms with E-state index in [9.17, 15) is 5.11 Å². The monoisotopic (exact) mass is 605 g/mol. The number of rotatable bonds is 15. The SMILES string of the molecule is CCCCC(CC)Cc1cc2sc(-c3ccc(-c4ccc(N(CCCC)CCCC)cc4O)c4nsnc34)cc2s1. The van der Waals surface area contributed by atoms with Crippen LogP contribution in [0.25, 0.3) is 42.0 Å². The first kappa shape index (κ1) is 30.0. The molecule has 1 N–H and O–H groups in total. The number of phenols is 1. The summed E-state index contributed by atoms with van der Waals surface area (Å²) in [5.74, 6) is 1.09. The zero-order chi connectivity index (χ0) is 28.8. The van der Waals surface area contributed by atoms with Gasteiger partial charge in [-0.15, -0.1) is 22.7 Å². The summed E-state index contributed by atoms with van der Waals surface area (Å²) in [7, 11) is 0. The standard InChI is InChI=1S/C34H43N3OS3/c1-5-9-12-23(8-4)19-25-21-31-32(39-25)22-30(40-31)28-16-15-27(33-34(28)36-41-35-33)26-14-13-24(20-29(26)38)37(17-10-6-2)18-11-7-3/h13-16,20-23,38H,5-12,17-19H2,1-4H3. The summed E-state index contributed by atoms with van der Waals surface area (Å²) in [6.07, 6.45) is 11.0. The Morgan fingerprint density at radius 2 is 1.41 bits per heavy atom. The van der Waals surface area contributed by atoms with Crippen LogP contribution in [0.3, 0.4) is 0 Å². The van der Waals surface area contributed by atoms with Crippen molar-refractivity contribution in [3.05, 3.63) is 47.3 Å². The van der Waals surface area contributed by atoms with Crippen LogP contribution in [0.4, 0.5) is 5.69 Å². The number of unbranched alkanes of at least 4 members (excludes halogenated alkanes) is 3. The van der Waals surface area contributed by atoms with Gasteiger partial charge in [0.15, 0.2) is 0 Å². The van der Waals surface area contributed by atoms with Crippen LogP contribution in [0.2, 0.25) is 0 Å². The molecule has 0 amide bonds. The Morgan fingerprint density at radius 3 is 2.07 bits per heavy atom. The fraction of sp³-hybridized carbons (Fsp3) is 0.471. The third-order valence-corrected chi connectivity index (χ3v) is 11.0. The van der Waals surface area contributed by atoms with Crippen molar-refractivity contribution in [3.63, 3.8) is 0 Å². The van der Waals surface area contributed by atoms with Crippen molar-refractivity contribution in [1.82, 2.24) is 8.75 Å². The van der Waals surface area contributed by atoms with Crippen molar-refractivity contribution in [2.75, 3.05) is 18.0 Å². The second kappa shape index (κ2) is 14.1. The normalized spacial score (nSPS) is 12.5. The Hall–Kier alpha value is -2.48. The topological polar surface area (TPSA) is 49.2 Å². The zero-order valence-electron chi connectivity index (χ0n) is 24.9. The largest absolute Gasteiger partial charge is 0.507 e. The number of aromatic hydroxyl groups is 1. The van der Waals surface area contributed by atoms with Crippen molar-refractivity contribution >= 4 is 60.5 Å². The highest BCUT2D eigenvalue weighted by Crippen LogP contribution is 2.44. The first-order valence-electron chi connectivity index (χ1n) is 15.4. The first-order chi connectivity index (χ1) is 20.1. The molecule has 3 heterocycles. The molecule has 5 aromatic rings. The van der Waals surface area contributed by atoms with Crippen molar-refractivity contribution in [3.8, 4) is 27.3 Å². The quantitative estimate of drug-likeness (QED) is 0.129. The van der Waals surface area contributed by atoms with E-state index in [1.807, 2.05) is 28.7 Å². The summed E-state index contributed by atoms with van der Waals surface area (Å²) in [5.41, 5.74) is 5.75. The van der Waals surface area contributed by atoms with Crippen LogP contribution >= 0.6 is 34.4 Å². The van der Waals surface area contributed by atoms with Gasteiger partial charge in [-0.2, -0.15) is 8.75 Å². The molecule has 0 saturated heterocycles. The van der Waals surface area contributed by atoms with Gasteiger partial charge in [-0.1, -0.05) is 78.4 Å². The van der Waals surface area contributed by atoms with E-state index in [0.717, 1.165) is 78.1 Å². The van der Waals surface area contributed by atoms with Crippen molar-refractivity contribution in [2.24, 2.45) is 5.92 Å². The number of hydrogen-bond donors (Lipinski definition) is 1. The fourth-order valence-corrected chi connectivity index (χ4v) is 8.78. The smallest absolute Gasteiger partial charge is 0.125 e. The Kier molecular flexibility index (Phi) is 10.3. The summed E-state index contributed by atoms with van der Waals surface area (Å²) in [5, 5.41) is 11.2. The fourth-order valence-electron chi connectivity index (χ4n) is 5.64. The number of aromatic nitrogens is 2. The minimum absolute atomic E-state index is 0.302. The number of anilines is 1. The number of hydrogen-bond acceptors (Lipinski definition) is 7. The maximum absolute atomic E-state index is 11.2. The molecule has 2 aromatic carbocycles. The van der Waals surface area contributed by atoms with Gasteiger partial charge in [0.05, 0.1) is 11.7 Å². The van der Waals surface area contributed by atoms with Gasteiger partial charge < -0.3 is 10.0 Å². The Morgan fingerprint density at radius 1 is 0.756 bits per heavy atom. The van der Waals surface area contributed by atoms with E-state index in [0.29, 0.717) is 5.75 Å².